The summed E-state index contributed by atoms with van der Waals surface area (Å²) in [5, 5.41) is 163. The lowest BCUT2D eigenvalue weighted by Gasteiger charge is -2.51. The van der Waals surface area contributed by atoms with Gasteiger partial charge in [-0.05, 0) is 0 Å². The van der Waals surface area contributed by atoms with Crippen LogP contribution in [-0.2, 0) is 52.2 Å². The van der Waals surface area contributed by atoms with Gasteiger partial charge in [-0.15, -0.1) is 0 Å². The molecule has 2 amide bonds. The summed E-state index contributed by atoms with van der Waals surface area (Å²) in [6.45, 7) is -2.68. The third kappa shape index (κ3) is 10.8. The predicted octanol–water partition coefficient (Wildman–Crippen LogP) is -11.6. The zero-order valence-electron chi connectivity index (χ0n) is 33.2. The van der Waals surface area contributed by atoms with E-state index in [1.807, 2.05) is 0 Å². The quantitative estimate of drug-likeness (QED) is 0.0725. The molecule has 5 aliphatic heterocycles. The molecular weight excluding hydrogens is 852 g/mol. The fourth-order valence-electron chi connectivity index (χ4n) is 7.83. The topological polar surface area (TPSA) is 445 Å². The van der Waals surface area contributed by atoms with Gasteiger partial charge in [0.15, 0.2) is 31.5 Å². The third-order valence-corrected chi connectivity index (χ3v) is 11.1. The van der Waals surface area contributed by atoms with Crippen molar-refractivity contribution in [1.82, 2.24) is 10.6 Å². The first kappa shape index (κ1) is 51.0. The fraction of sp³-hybridized carbons (Fsp3) is 0.941. The van der Waals surface area contributed by atoms with Crippen molar-refractivity contribution in [2.75, 3.05) is 33.0 Å². The van der Waals surface area contributed by atoms with E-state index >= 15 is 0 Å². The van der Waals surface area contributed by atoms with Gasteiger partial charge in [0.25, 0.3) is 0 Å². The summed E-state index contributed by atoms with van der Waals surface area (Å²) in [5.74, 6) is -1.61. The van der Waals surface area contributed by atoms with Crippen molar-refractivity contribution < 1.29 is 129 Å². The number of ether oxygens (including phenoxy) is 9. The maximum Gasteiger partial charge on any atom is 0.217 e. The highest BCUT2D eigenvalue weighted by Gasteiger charge is 2.58. The lowest BCUT2D eigenvalue weighted by Crippen LogP contribution is -2.71. The van der Waals surface area contributed by atoms with Crippen molar-refractivity contribution in [3.63, 3.8) is 0 Å². The van der Waals surface area contributed by atoms with Crippen molar-refractivity contribution in [3.05, 3.63) is 0 Å². The molecule has 5 rings (SSSR count). The Bertz CT molecular complexity index is 1440. The molecule has 62 heavy (non-hydrogen) atoms. The molecule has 0 spiro atoms. The molecule has 1 unspecified atom stereocenters. The largest absolute Gasteiger partial charge is 0.394 e. The van der Waals surface area contributed by atoms with E-state index < -0.39 is 198 Å². The van der Waals surface area contributed by atoms with Crippen LogP contribution < -0.4 is 10.6 Å². The Kier molecular flexibility index (Phi) is 18.1. The van der Waals surface area contributed by atoms with Crippen LogP contribution in [0.25, 0.3) is 0 Å². The monoisotopic (exact) mass is 910 g/mol. The normalized spacial score (nSPS) is 49.0. The van der Waals surface area contributed by atoms with Gasteiger partial charge in [-0.3, -0.25) is 9.59 Å². The molecule has 5 aliphatic rings. The number of carbonyl (C=O) groups excluding carboxylic acids is 2. The minimum absolute atomic E-state index is 0.766. The molecule has 5 saturated heterocycles. The first-order chi connectivity index (χ1) is 29.3. The van der Waals surface area contributed by atoms with Crippen molar-refractivity contribution in [1.29, 1.82) is 0 Å². The van der Waals surface area contributed by atoms with Gasteiger partial charge in [-0.2, -0.15) is 0 Å². The Labute approximate surface area is 351 Å². The van der Waals surface area contributed by atoms with Crippen LogP contribution in [0.3, 0.4) is 0 Å². The van der Waals surface area contributed by atoms with E-state index in [0.29, 0.717) is 0 Å². The molecule has 0 bridgehead atoms. The van der Waals surface area contributed by atoms with Crippen LogP contribution >= 0.6 is 0 Å². The Balaban J connectivity index is 1.51. The molecule has 360 valence electrons. The maximum absolute atomic E-state index is 12.6. The molecule has 17 N–H and O–H groups in total. The highest BCUT2D eigenvalue weighted by molar-refractivity contribution is 5.73. The number of nitrogens with one attached hydrogen (secondary N) is 2. The Hall–Kier alpha value is -2.02. The standard InChI is InChI=1S/C34H58N2O26/c1-8(42)35-15-19(46)17(44)10(3-37)55-31(15)61-28-14(7-41)58-34(60-27-12(5-39)54-30(53)23(50)22(27)49)25(52)29(28)62-32-16(36-9(2)43)20(47)26(13(6-40)57-32)59-33-24(51)21(48)18(45)11(4-38)56-33/h10-34,37-41,44-53H,3-7H2,1-2H3,(H,35,42)(H,36,43)/t10-,11-,12-,13-,14-,15-,16-,17+,18+,19-,20-,21+,22-,23-,24-,25-,26-,27-,28+,29-,30?,31+,32+,33+,34+/m1/s1. The third-order valence-electron chi connectivity index (χ3n) is 11.1. The number of carbonyl (C=O) groups is 2. The van der Waals surface area contributed by atoms with E-state index in [2.05, 4.69) is 10.6 Å². The van der Waals surface area contributed by atoms with E-state index in [4.69, 9.17) is 42.6 Å². The highest BCUT2D eigenvalue weighted by atomic mass is 16.8. The summed E-state index contributed by atoms with van der Waals surface area (Å²) in [6, 6.07) is -3.39. The van der Waals surface area contributed by atoms with Crippen molar-refractivity contribution in [3.8, 4) is 0 Å². The Morgan fingerprint density at radius 3 is 1.27 bits per heavy atom. The van der Waals surface area contributed by atoms with E-state index in [9.17, 15) is 86.2 Å². The Morgan fingerprint density at radius 2 is 0.758 bits per heavy atom. The molecular formula is C34H58N2O26. The molecule has 5 heterocycles. The van der Waals surface area contributed by atoms with E-state index in [-0.39, 0.29) is 0 Å². The summed E-state index contributed by atoms with van der Waals surface area (Å²) in [7, 11) is 0. The molecule has 0 aromatic heterocycles. The molecule has 5 fully saturated rings. The molecule has 0 aromatic rings. The number of amides is 2. The number of hydrogen-bond acceptors (Lipinski definition) is 26. The lowest BCUT2D eigenvalue weighted by atomic mass is 9.93. The van der Waals surface area contributed by atoms with Crippen LogP contribution in [0.4, 0.5) is 0 Å². The number of hydrogen-bond donors (Lipinski definition) is 17. The van der Waals surface area contributed by atoms with Gasteiger partial charge in [-0.1, -0.05) is 0 Å². The molecule has 0 aliphatic carbocycles. The first-order valence-electron chi connectivity index (χ1n) is 19.6. The minimum atomic E-state index is -2.22. The average molecular weight is 911 g/mol. The van der Waals surface area contributed by atoms with Crippen LogP contribution in [0.15, 0.2) is 0 Å². The van der Waals surface area contributed by atoms with Gasteiger partial charge in [-0.25, -0.2) is 0 Å². The minimum Gasteiger partial charge on any atom is -0.394 e. The number of rotatable bonds is 15. The van der Waals surface area contributed by atoms with E-state index in [0.717, 1.165) is 13.8 Å². The summed E-state index contributed by atoms with van der Waals surface area (Å²) < 4.78 is 51.7. The number of aliphatic hydroxyl groups excluding tert-OH is 15. The molecule has 28 heteroatoms. The molecule has 28 nitrogen and oxygen atoms in total. The number of aliphatic hydroxyl groups is 15. The van der Waals surface area contributed by atoms with Gasteiger partial charge in [0.1, 0.15) is 122 Å². The summed E-state index contributed by atoms with van der Waals surface area (Å²) in [4.78, 5) is 24.8. The summed E-state index contributed by atoms with van der Waals surface area (Å²) in [6.07, 6.45) is -42.9. The van der Waals surface area contributed by atoms with Gasteiger partial charge in [0.2, 0.25) is 11.8 Å². The molecule has 0 aromatic carbocycles. The molecule has 25 atom stereocenters. The zero-order valence-corrected chi connectivity index (χ0v) is 33.2. The van der Waals surface area contributed by atoms with Gasteiger partial charge < -0.3 is 130 Å². The fourth-order valence-corrected chi connectivity index (χ4v) is 7.83. The van der Waals surface area contributed by atoms with Crippen LogP contribution in [0.2, 0.25) is 0 Å². The van der Waals surface area contributed by atoms with E-state index in [1.165, 1.54) is 0 Å². The zero-order chi connectivity index (χ0) is 45.9. The predicted molar refractivity (Wildman–Crippen MR) is 190 cm³/mol. The lowest BCUT2D eigenvalue weighted by molar-refractivity contribution is -0.394. The average Bonchev–Trinajstić information content (AvgIpc) is 3.24. The molecule has 0 saturated carbocycles. The van der Waals surface area contributed by atoms with Crippen LogP contribution in [0.5, 0.6) is 0 Å². The van der Waals surface area contributed by atoms with Gasteiger partial charge in [0, 0.05) is 13.8 Å². The summed E-state index contributed by atoms with van der Waals surface area (Å²) in [5.41, 5.74) is 0. The van der Waals surface area contributed by atoms with E-state index in [1.54, 1.807) is 0 Å². The summed E-state index contributed by atoms with van der Waals surface area (Å²) >= 11 is 0. The molecule has 0 radical (unpaired) electrons. The smallest absolute Gasteiger partial charge is 0.217 e. The van der Waals surface area contributed by atoms with Gasteiger partial charge in [0.05, 0.1) is 33.0 Å². The maximum atomic E-state index is 12.6. The van der Waals surface area contributed by atoms with Crippen molar-refractivity contribution >= 4 is 11.8 Å². The van der Waals surface area contributed by atoms with Gasteiger partial charge >= 0.3 is 0 Å². The highest BCUT2D eigenvalue weighted by Crippen LogP contribution is 2.37. The van der Waals surface area contributed by atoms with Crippen molar-refractivity contribution in [2.45, 2.75) is 167 Å². The van der Waals surface area contributed by atoms with Crippen LogP contribution in [-0.4, -0.2) is 275 Å². The first-order valence-corrected chi connectivity index (χ1v) is 19.6. The Morgan fingerprint density at radius 1 is 0.387 bits per heavy atom. The second-order valence-electron chi connectivity index (χ2n) is 15.4. The second kappa shape index (κ2) is 22.0. The SMILES string of the molecule is CC(=O)N[C@H]1[C@H](O[C@@H]2[C@@H](O)[C@H](O[C@H]3[C@H](O)[C@@H](O)C(O)O[C@@H]3CO)O[C@H](CO)[C@@H]2O[C@@H]2O[C@H](CO)[C@H](O)[C@H](O)[C@H]2NC(C)=O)O[C@H](CO)[C@@H](O[C@@H]2O[C@H](CO)[C@H](O)[C@H](O)[C@H]2O)[C@@H]1O. The van der Waals surface area contributed by atoms with Crippen molar-refractivity contribution in [2.24, 2.45) is 0 Å². The second-order valence-corrected chi connectivity index (χ2v) is 15.4. The van der Waals surface area contributed by atoms with Crippen LogP contribution in [0.1, 0.15) is 13.8 Å². The van der Waals surface area contributed by atoms with Crippen LogP contribution in [0, 0.1) is 0 Å².